The number of hydrogen-bond donors (Lipinski definition) is 1. The first-order valence-corrected chi connectivity index (χ1v) is 6.00. The number of nitriles is 1. The van der Waals surface area contributed by atoms with Crippen LogP contribution in [-0.4, -0.2) is 5.91 Å². The van der Waals surface area contributed by atoms with E-state index >= 15 is 0 Å². The molecule has 5 heteroatoms. The highest BCUT2D eigenvalue weighted by Crippen LogP contribution is 2.26. The highest BCUT2D eigenvalue weighted by Gasteiger charge is 2.27. The molecule has 0 saturated carbocycles. The molecule has 1 aromatic carbocycles. The minimum atomic E-state index is -1.06. The maximum atomic E-state index is 11.7. The molecule has 1 aromatic rings. The van der Waals surface area contributed by atoms with Crippen LogP contribution < -0.4 is 5.32 Å². The molecular weight excluding hydrogens is 338 g/mol. The number of nitrogens with zero attached hydrogens (tertiary/aromatic N) is 1. The summed E-state index contributed by atoms with van der Waals surface area (Å²) in [5.41, 5.74) is -0.535. The lowest BCUT2D eigenvalue weighted by Gasteiger charge is -2.15. The SMILES string of the molecule is CC(C)(C#N)C(=O)Nc1cc(I)ccc1Cl. The first-order valence-electron chi connectivity index (χ1n) is 4.54. The molecule has 0 aliphatic heterocycles. The molecule has 0 aliphatic rings. The van der Waals surface area contributed by atoms with Crippen LogP contribution in [0.3, 0.4) is 0 Å². The van der Waals surface area contributed by atoms with E-state index in [2.05, 4.69) is 27.9 Å². The normalized spacial score (nSPS) is 10.7. The lowest BCUT2D eigenvalue weighted by Crippen LogP contribution is -2.29. The van der Waals surface area contributed by atoms with Gasteiger partial charge in [0.15, 0.2) is 0 Å². The number of rotatable bonds is 2. The molecular formula is C11H10ClIN2O. The average Bonchev–Trinajstić information content (AvgIpc) is 2.23. The van der Waals surface area contributed by atoms with E-state index in [9.17, 15) is 4.79 Å². The van der Waals surface area contributed by atoms with Crippen molar-refractivity contribution in [3.05, 3.63) is 26.8 Å². The molecule has 0 aliphatic carbocycles. The zero-order chi connectivity index (χ0) is 12.3. The molecule has 16 heavy (non-hydrogen) atoms. The lowest BCUT2D eigenvalue weighted by molar-refractivity contribution is -0.121. The molecule has 0 spiro atoms. The summed E-state index contributed by atoms with van der Waals surface area (Å²) in [5.74, 6) is -0.362. The second-order valence-electron chi connectivity index (χ2n) is 3.82. The molecule has 0 unspecified atom stereocenters. The Hall–Kier alpha value is -0.800. The van der Waals surface area contributed by atoms with Crippen molar-refractivity contribution in [2.24, 2.45) is 5.41 Å². The van der Waals surface area contributed by atoms with Crippen molar-refractivity contribution >= 4 is 45.8 Å². The quantitative estimate of drug-likeness (QED) is 0.833. The highest BCUT2D eigenvalue weighted by atomic mass is 127. The first kappa shape index (κ1) is 13.3. The summed E-state index contributed by atoms with van der Waals surface area (Å²) in [6.07, 6.45) is 0. The molecule has 0 radical (unpaired) electrons. The zero-order valence-corrected chi connectivity index (χ0v) is 11.8. The van der Waals surface area contributed by atoms with Gasteiger partial charge in [-0.25, -0.2) is 0 Å². The van der Waals surface area contributed by atoms with Crippen molar-refractivity contribution in [2.75, 3.05) is 5.32 Å². The lowest BCUT2D eigenvalue weighted by atomic mass is 9.94. The molecule has 0 fully saturated rings. The van der Waals surface area contributed by atoms with E-state index in [0.29, 0.717) is 10.7 Å². The van der Waals surface area contributed by atoms with Crippen molar-refractivity contribution in [3.63, 3.8) is 0 Å². The van der Waals surface area contributed by atoms with Crippen LogP contribution in [0.25, 0.3) is 0 Å². The van der Waals surface area contributed by atoms with E-state index in [1.165, 1.54) is 0 Å². The molecule has 84 valence electrons. The smallest absolute Gasteiger partial charge is 0.244 e. The number of carbonyl (C=O) groups excluding carboxylic acids is 1. The minimum Gasteiger partial charge on any atom is -0.323 e. The topological polar surface area (TPSA) is 52.9 Å². The van der Waals surface area contributed by atoms with Gasteiger partial charge < -0.3 is 5.32 Å². The molecule has 1 rings (SSSR count). The maximum Gasteiger partial charge on any atom is 0.244 e. The van der Waals surface area contributed by atoms with Gasteiger partial charge in [0.05, 0.1) is 16.8 Å². The monoisotopic (exact) mass is 348 g/mol. The Morgan fingerprint density at radius 2 is 2.19 bits per heavy atom. The summed E-state index contributed by atoms with van der Waals surface area (Å²) < 4.78 is 0.965. The fourth-order valence-electron chi connectivity index (χ4n) is 0.923. The largest absolute Gasteiger partial charge is 0.323 e. The van der Waals surface area contributed by atoms with E-state index in [-0.39, 0.29) is 5.91 Å². The Morgan fingerprint density at radius 3 is 2.75 bits per heavy atom. The molecule has 3 nitrogen and oxygen atoms in total. The maximum absolute atomic E-state index is 11.7. The number of benzene rings is 1. The van der Waals surface area contributed by atoms with Crippen molar-refractivity contribution < 1.29 is 4.79 Å². The van der Waals surface area contributed by atoms with Gasteiger partial charge in [-0.1, -0.05) is 11.6 Å². The highest BCUT2D eigenvalue weighted by molar-refractivity contribution is 14.1. The molecule has 0 aromatic heterocycles. The van der Waals surface area contributed by atoms with Gasteiger partial charge in [0, 0.05) is 3.57 Å². The van der Waals surface area contributed by atoms with Gasteiger partial charge >= 0.3 is 0 Å². The Morgan fingerprint density at radius 1 is 1.56 bits per heavy atom. The van der Waals surface area contributed by atoms with Crippen molar-refractivity contribution in [2.45, 2.75) is 13.8 Å². The van der Waals surface area contributed by atoms with E-state index in [1.54, 1.807) is 26.0 Å². The first-order chi connectivity index (χ1) is 7.36. The Balaban J connectivity index is 2.94. The van der Waals surface area contributed by atoms with E-state index in [1.807, 2.05) is 12.1 Å². The molecule has 1 amide bonds. The van der Waals surface area contributed by atoms with Crippen molar-refractivity contribution in [3.8, 4) is 6.07 Å². The van der Waals surface area contributed by atoms with Crippen LogP contribution in [0.1, 0.15) is 13.8 Å². The number of anilines is 1. The molecule has 0 heterocycles. The molecule has 0 saturated heterocycles. The third kappa shape index (κ3) is 3.09. The van der Waals surface area contributed by atoms with Gasteiger partial charge in [0.1, 0.15) is 5.41 Å². The Kier molecular flexibility index (Phi) is 4.16. The zero-order valence-electron chi connectivity index (χ0n) is 8.84. The second-order valence-corrected chi connectivity index (χ2v) is 5.47. The summed E-state index contributed by atoms with van der Waals surface area (Å²) >= 11 is 8.06. The van der Waals surface area contributed by atoms with Crippen LogP contribution in [0.15, 0.2) is 18.2 Å². The summed E-state index contributed by atoms with van der Waals surface area (Å²) in [6, 6.07) is 7.24. The Bertz CT molecular complexity index is 466. The predicted molar refractivity (Wildman–Crippen MR) is 72.2 cm³/mol. The third-order valence-corrected chi connectivity index (χ3v) is 3.02. The summed E-state index contributed by atoms with van der Waals surface area (Å²) in [7, 11) is 0. The minimum absolute atomic E-state index is 0.362. The number of hydrogen-bond acceptors (Lipinski definition) is 2. The third-order valence-electron chi connectivity index (χ3n) is 2.02. The summed E-state index contributed by atoms with van der Waals surface area (Å²) in [6.45, 7) is 3.12. The average molecular weight is 349 g/mol. The van der Waals surface area contributed by atoms with Crippen LogP contribution in [0, 0.1) is 20.3 Å². The predicted octanol–water partition coefficient (Wildman–Crippen LogP) is 3.43. The van der Waals surface area contributed by atoms with Crippen LogP contribution >= 0.6 is 34.2 Å². The van der Waals surface area contributed by atoms with Gasteiger partial charge in [0.2, 0.25) is 5.91 Å². The van der Waals surface area contributed by atoms with Crippen LogP contribution in [0.4, 0.5) is 5.69 Å². The Labute approximate surface area is 113 Å². The van der Waals surface area contributed by atoms with Gasteiger partial charge in [-0.05, 0) is 54.6 Å². The number of amides is 1. The van der Waals surface area contributed by atoms with E-state index in [4.69, 9.17) is 16.9 Å². The van der Waals surface area contributed by atoms with E-state index in [0.717, 1.165) is 3.57 Å². The molecule has 0 atom stereocenters. The van der Waals surface area contributed by atoms with Crippen molar-refractivity contribution in [1.29, 1.82) is 5.26 Å². The second kappa shape index (κ2) is 5.02. The fourth-order valence-corrected chi connectivity index (χ4v) is 1.58. The number of nitrogens with one attached hydrogen (secondary N) is 1. The van der Waals surface area contributed by atoms with Crippen molar-refractivity contribution in [1.82, 2.24) is 0 Å². The summed E-state index contributed by atoms with van der Waals surface area (Å²) in [5, 5.41) is 11.9. The molecule has 1 N–H and O–H groups in total. The summed E-state index contributed by atoms with van der Waals surface area (Å²) in [4.78, 5) is 11.7. The van der Waals surface area contributed by atoms with Gasteiger partial charge in [-0.3, -0.25) is 4.79 Å². The van der Waals surface area contributed by atoms with Gasteiger partial charge in [-0.15, -0.1) is 0 Å². The van der Waals surface area contributed by atoms with Crippen LogP contribution in [0.2, 0.25) is 5.02 Å². The van der Waals surface area contributed by atoms with Crippen LogP contribution in [0.5, 0.6) is 0 Å². The van der Waals surface area contributed by atoms with Crippen LogP contribution in [-0.2, 0) is 4.79 Å². The van der Waals surface area contributed by atoms with E-state index < -0.39 is 5.41 Å². The standard InChI is InChI=1S/C11H10ClIN2O/c1-11(2,6-14)10(16)15-9-5-7(13)3-4-8(9)12/h3-5H,1-2H3,(H,15,16). The number of carbonyl (C=O) groups is 1. The van der Waals surface area contributed by atoms with Gasteiger partial charge in [0.25, 0.3) is 0 Å². The van der Waals surface area contributed by atoms with Gasteiger partial charge in [-0.2, -0.15) is 5.26 Å². The fraction of sp³-hybridized carbons (Fsp3) is 0.273. The molecule has 0 bridgehead atoms. The number of halogens is 2.